The van der Waals surface area contributed by atoms with Gasteiger partial charge in [0.2, 0.25) is 6.41 Å². The van der Waals surface area contributed by atoms with Gasteiger partial charge in [0.15, 0.2) is 0 Å². The Labute approximate surface area is 222 Å². The number of carbonyl (C=O) groups excluding carboxylic acids is 3. The van der Waals surface area contributed by atoms with Crippen LogP contribution in [0.25, 0.3) is 0 Å². The Morgan fingerprint density at radius 1 is 0.838 bits per heavy atom. The lowest BCUT2D eigenvalue weighted by Crippen LogP contribution is -2.49. The fraction of sp³-hybridized carbons (Fsp3) is 0.679. The molecule has 1 aromatic carbocycles. The van der Waals surface area contributed by atoms with Gasteiger partial charge in [-0.3, -0.25) is 19.4 Å². The van der Waals surface area contributed by atoms with Gasteiger partial charge < -0.3 is 19.3 Å². The minimum absolute atomic E-state index is 0.0753. The van der Waals surface area contributed by atoms with E-state index in [2.05, 4.69) is 25.7 Å². The van der Waals surface area contributed by atoms with Crippen molar-refractivity contribution in [1.82, 2.24) is 19.6 Å². The smallest absolute Gasteiger partial charge is 0.410 e. The molecule has 1 aromatic rings. The Balaban J connectivity index is 2.15. The quantitative estimate of drug-likeness (QED) is 0.423. The van der Waals surface area contributed by atoms with E-state index < -0.39 is 5.60 Å². The molecule has 2 amide bonds. The van der Waals surface area contributed by atoms with Crippen LogP contribution in [0.3, 0.4) is 0 Å². The first-order valence-corrected chi connectivity index (χ1v) is 13.2. The maximum absolute atomic E-state index is 13.1. The first-order chi connectivity index (χ1) is 17.3. The summed E-state index contributed by atoms with van der Waals surface area (Å²) in [5.74, 6) is -0.327. The molecule has 0 spiro atoms. The Hall–Kier alpha value is -2.65. The normalized spacial score (nSPS) is 17.5. The summed E-state index contributed by atoms with van der Waals surface area (Å²) in [5.41, 5.74) is 0.425. The van der Waals surface area contributed by atoms with Crippen molar-refractivity contribution < 1.29 is 23.9 Å². The molecular formula is C28H46N4O5. The standard InChI is InChI=1S/C28H46N4O5/c1-27(2,3)22-30-13-15-31(23-33)14-12-29(20-25(34)37-28(4,5)6)16-18-32(19-17-30)26(35)36-21-24-10-8-7-9-11-24/h7-11,23H,12-22H2,1-6H3. The van der Waals surface area contributed by atoms with E-state index in [9.17, 15) is 14.4 Å². The maximum atomic E-state index is 13.1. The lowest BCUT2D eigenvalue weighted by molar-refractivity contribution is -0.156. The summed E-state index contributed by atoms with van der Waals surface area (Å²) in [4.78, 5) is 45.1. The Bertz CT molecular complexity index is 850. The van der Waals surface area contributed by atoms with Crippen LogP contribution in [0.5, 0.6) is 0 Å². The van der Waals surface area contributed by atoms with Gasteiger partial charge in [0.1, 0.15) is 12.2 Å². The molecule has 1 saturated heterocycles. The molecule has 37 heavy (non-hydrogen) atoms. The van der Waals surface area contributed by atoms with Crippen molar-refractivity contribution in [2.75, 3.05) is 65.4 Å². The number of hydrogen-bond acceptors (Lipinski definition) is 7. The molecule has 1 fully saturated rings. The number of carbonyl (C=O) groups is 3. The van der Waals surface area contributed by atoms with Gasteiger partial charge in [-0.2, -0.15) is 0 Å². The molecule has 9 nitrogen and oxygen atoms in total. The summed E-state index contributed by atoms with van der Waals surface area (Å²) in [6.45, 7) is 17.5. The summed E-state index contributed by atoms with van der Waals surface area (Å²) in [6, 6.07) is 9.62. The lowest BCUT2D eigenvalue weighted by Gasteiger charge is -2.35. The van der Waals surface area contributed by atoms with Gasteiger partial charge in [-0.1, -0.05) is 51.1 Å². The van der Waals surface area contributed by atoms with E-state index in [1.54, 1.807) is 9.80 Å². The number of nitrogens with zero attached hydrogens (tertiary/aromatic N) is 4. The van der Waals surface area contributed by atoms with E-state index in [-0.39, 0.29) is 30.6 Å². The van der Waals surface area contributed by atoms with Gasteiger partial charge >= 0.3 is 12.1 Å². The van der Waals surface area contributed by atoms with Crippen LogP contribution >= 0.6 is 0 Å². The van der Waals surface area contributed by atoms with Crippen molar-refractivity contribution in [2.24, 2.45) is 5.41 Å². The van der Waals surface area contributed by atoms with Crippen molar-refractivity contribution in [3.8, 4) is 0 Å². The highest BCUT2D eigenvalue weighted by atomic mass is 16.6. The van der Waals surface area contributed by atoms with Crippen LogP contribution in [0.2, 0.25) is 0 Å². The number of rotatable bonds is 6. The SMILES string of the molecule is CC(C)(C)CN1CCN(C=O)CCN(CC(=O)OC(C)(C)C)CCN(C(=O)OCc2ccccc2)CC1. The monoisotopic (exact) mass is 518 g/mol. The number of benzene rings is 1. The number of ether oxygens (including phenoxy) is 2. The molecular weight excluding hydrogens is 472 g/mol. The van der Waals surface area contributed by atoms with Crippen LogP contribution < -0.4 is 0 Å². The van der Waals surface area contributed by atoms with Crippen molar-refractivity contribution in [3.63, 3.8) is 0 Å². The fourth-order valence-corrected chi connectivity index (χ4v) is 4.15. The highest BCUT2D eigenvalue weighted by Gasteiger charge is 2.24. The van der Waals surface area contributed by atoms with Crippen molar-refractivity contribution >= 4 is 18.5 Å². The third kappa shape index (κ3) is 12.9. The van der Waals surface area contributed by atoms with Crippen LogP contribution in [0.15, 0.2) is 30.3 Å². The molecule has 0 aromatic heterocycles. The lowest BCUT2D eigenvalue weighted by atomic mass is 9.96. The number of hydrogen-bond donors (Lipinski definition) is 0. The molecule has 1 heterocycles. The second-order valence-electron chi connectivity index (χ2n) is 11.9. The average molecular weight is 519 g/mol. The topological polar surface area (TPSA) is 82.6 Å². The van der Waals surface area contributed by atoms with Crippen molar-refractivity contribution in [1.29, 1.82) is 0 Å². The fourth-order valence-electron chi connectivity index (χ4n) is 4.15. The predicted octanol–water partition coefficient (Wildman–Crippen LogP) is 3.09. The molecule has 0 radical (unpaired) electrons. The molecule has 0 unspecified atom stereocenters. The summed E-state index contributed by atoms with van der Waals surface area (Å²) in [5, 5.41) is 0. The Morgan fingerprint density at radius 3 is 1.97 bits per heavy atom. The summed E-state index contributed by atoms with van der Waals surface area (Å²) < 4.78 is 11.2. The van der Waals surface area contributed by atoms with Gasteiger partial charge in [0, 0.05) is 58.9 Å². The summed E-state index contributed by atoms with van der Waals surface area (Å²) >= 11 is 0. The molecule has 0 atom stereocenters. The van der Waals surface area contributed by atoms with Crippen LogP contribution in [-0.4, -0.2) is 109 Å². The molecule has 0 aliphatic carbocycles. The first kappa shape index (κ1) is 30.6. The van der Waals surface area contributed by atoms with Crippen LogP contribution in [-0.2, 0) is 25.7 Å². The molecule has 9 heteroatoms. The second kappa shape index (κ2) is 14.3. The van der Waals surface area contributed by atoms with E-state index in [0.717, 1.165) is 18.5 Å². The van der Waals surface area contributed by atoms with E-state index in [4.69, 9.17) is 9.47 Å². The van der Waals surface area contributed by atoms with Gasteiger partial charge in [0.05, 0.1) is 6.54 Å². The molecule has 0 bridgehead atoms. The first-order valence-electron chi connectivity index (χ1n) is 13.2. The predicted molar refractivity (Wildman–Crippen MR) is 144 cm³/mol. The second-order valence-corrected chi connectivity index (χ2v) is 11.9. The van der Waals surface area contributed by atoms with Crippen molar-refractivity contribution in [3.05, 3.63) is 35.9 Å². The molecule has 2 rings (SSSR count). The Morgan fingerprint density at radius 2 is 1.41 bits per heavy atom. The van der Waals surface area contributed by atoms with Gasteiger partial charge in [-0.05, 0) is 31.7 Å². The third-order valence-corrected chi connectivity index (χ3v) is 5.86. The molecule has 208 valence electrons. The average Bonchev–Trinajstić information content (AvgIpc) is 2.79. The largest absolute Gasteiger partial charge is 0.459 e. The number of esters is 1. The molecule has 0 N–H and O–H groups in total. The minimum atomic E-state index is -0.581. The van der Waals surface area contributed by atoms with E-state index in [0.29, 0.717) is 52.4 Å². The van der Waals surface area contributed by atoms with Gasteiger partial charge in [-0.15, -0.1) is 0 Å². The zero-order valence-corrected chi connectivity index (χ0v) is 23.6. The molecule has 0 saturated carbocycles. The van der Waals surface area contributed by atoms with Crippen molar-refractivity contribution in [2.45, 2.75) is 53.8 Å². The summed E-state index contributed by atoms with van der Waals surface area (Å²) in [7, 11) is 0. The molecule has 1 aliphatic heterocycles. The summed E-state index contributed by atoms with van der Waals surface area (Å²) in [6.07, 6.45) is 0.503. The third-order valence-electron chi connectivity index (χ3n) is 5.86. The van der Waals surface area contributed by atoms with Crippen LogP contribution in [0.1, 0.15) is 47.1 Å². The zero-order chi connectivity index (χ0) is 27.5. The minimum Gasteiger partial charge on any atom is -0.459 e. The maximum Gasteiger partial charge on any atom is 0.410 e. The Kier molecular flexibility index (Phi) is 11.8. The highest BCUT2D eigenvalue weighted by Crippen LogP contribution is 2.16. The molecule has 1 aliphatic rings. The number of amides is 2. The van der Waals surface area contributed by atoms with Gasteiger partial charge in [-0.25, -0.2) is 4.79 Å². The highest BCUT2D eigenvalue weighted by molar-refractivity contribution is 5.72. The van der Waals surface area contributed by atoms with E-state index in [1.165, 1.54) is 0 Å². The van der Waals surface area contributed by atoms with Crippen LogP contribution in [0, 0.1) is 5.41 Å². The van der Waals surface area contributed by atoms with Gasteiger partial charge in [0.25, 0.3) is 0 Å². The zero-order valence-electron chi connectivity index (χ0n) is 23.6. The van der Waals surface area contributed by atoms with E-state index >= 15 is 0 Å². The van der Waals surface area contributed by atoms with Crippen LogP contribution in [0.4, 0.5) is 4.79 Å². The van der Waals surface area contributed by atoms with E-state index in [1.807, 2.05) is 56.0 Å².